The molecule has 0 saturated heterocycles. The molecule has 8 heteroatoms. The van der Waals surface area contributed by atoms with Gasteiger partial charge in [-0.25, -0.2) is 0 Å². The maximum absolute atomic E-state index is 5.88. The molecule has 2 aromatic heterocycles. The van der Waals surface area contributed by atoms with Crippen molar-refractivity contribution in [3.05, 3.63) is 40.8 Å². The number of benzene rings is 1. The van der Waals surface area contributed by atoms with Crippen LogP contribution in [0.4, 0.5) is 0 Å². The average Bonchev–Trinajstić information content (AvgIpc) is 3.13. The lowest BCUT2D eigenvalue weighted by Crippen LogP contribution is -2.06. The fourth-order valence-corrected chi connectivity index (χ4v) is 2.10. The van der Waals surface area contributed by atoms with E-state index in [2.05, 4.69) is 41.7 Å². The van der Waals surface area contributed by atoms with Gasteiger partial charge in [0.15, 0.2) is 11.9 Å². The van der Waals surface area contributed by atoms with E-state index in [-0.39, 0.29) is 6.10 Å². The summed E-state index contributed by atoms with van der Waals surface area (Å²) in [6.07, 6.45) is 1.25. The van der Waals surface area contributed by atoms with E-state index in [1.165, 1.54) is 0 Å². The first kappa shape index (κ1) is 12.8. The molecule has 0 fully saturated rings. The summed E-state index contributed by atoms with van der Waals surface area (Å²) in [6.45, 7) is 1.84. The summed E-state index contributed by atoms with van der Waals surface area (Å²) in [6, 6.07) is 7.41. The van der Waals surface area contributed by atoms with Crippen molar-refractivity contribution < 1.29 is 9.26 Å². The van der Waals surface area contributed by atoms with E-state index in [4.69, 9.17) is 9.26 Å². The van der Waals surface area contributed by atoms with E-state index < -0.39 is 0 Å². The number of ether oxygens (including phenoxy) is 1. The van der Waals surface area contributed by atoms with Gasteiger partial charge in [0, 0.05) is 10.5 Å². The van der Waals surface area contributed by atoms with Crippen LogP contribution in [0.25, 0.3) is 11.3 Å². The Kier molecular flexibility index (Phi) is 3.46. The lowest BCUT2D eigenvalue weighted by Gasteiger charge is -2.14. The van der Waals surface area contributed by atoms with Crippen molar-refractivity contribution in [2.24, 2.45) is 0 Å². The molecule has 0 radical (unpaired) electrons. The number of tetrazole rings is 1. The Morgan fingerprint density at radius 1 is 1.35 bits per heavy atom. The molecule has 0 aliphatic rings. The van der Waals surface area contributed by atoms with Gasteiger partial charge in [0.2, 0.25) is 5.82 Å². The van der Waals surface area contributed by atoms with Gasteiger partial charge in [-0.1, -0.05) is 26.3 Å². The van der Waals surface area contributed by atoms with Gasteiger partial charge in [-0.05, 0) is 25.1 Å². The van der Waals surface area contributed by atoms with E-state index in [0.717, 1.165) is 10.0 Å². The number of hydrogen-bond donors (Lipinski definition) is 1. The Bertz CT molecular complexity index is 684. The van der Waals surface area contributed by atoms with Crippen molar-refractivity contribution in [2.45, 2.75) is 13.0 Å². The molecule has 1 aromatic carbocycles. The Balaban J connectivity index is 1.93. The summed E-state index contributed by atoms with van der Waals surface area (Å²) in [4.78, 5) is 0. The Morgan fingerprint density at radius 3 is 2.95 bits per heavy atom. The number of nitrogens with one attached hydrogen (secondary N) is 1. The minimum Gasteiger partial charge on any atom is -0.482 e. The van der Waals surface area contributed by atoms with Crippen LogP contribution in [-0.2, 0) is 0 Å². The fraction of sp³-hybridized carbons (Fsp3) is 0.167. The second kappa shape index (κ2) is 5.41. The normalized spacial score (nSPS) is 12.3. The van der Waals surface area contributed by atoms with Crippen LogP contribution in [0.2, 0.25) is 0 Å². The molecule has 0 amide bonds. The maximum Gasteiger partial charge on any atom is 0.214 e. The largest absolute Gasteiger partial charge is 0.482 e. The standard InChI is InChI=1S/C12H10BrN5O2/c1-7(12-15-17-18-16-12)19-10-3-2-8(13)6-9(10)11-4-5-14-20-11/h2-7H,1H3,(H,15,16,17,18). The first-order chi connectivity index (χ1) is 9.74. The molecule has 7 nitrogen and oxygen atoms in total. The summed E-state index contributed by atoms with van der Waals surface area (Å²) in [5.74, 6) is 1.76. The lowest BCUT2D eigenvalue weighted by molar-refractivity contribution is 0.217. The third-order valence-corrected chi connectivity index (χ3v) is 3.17. The first-order valence-corrected chi connectivity index (χ1v) is 6.64. The molecule has 1 unspecified atom stereocenters. The van der Waals surface area contributed by atoms with Gasteiger partial charge >= 0.3 is 0 Å². The molecule has 0 aliphatic heterocycles. The minimum absolute atomic E-state index is 0.336. The second-order valence-corrected chi connectivity index (χ2v) is 4.96. The van der Waals surface area contributed by atoms with Crippen molar-refractivity contribution in [1.29, 1.82) is 0 Å². The van der Waals surface area contributed by atoms with Crippen LogP contribution in [0.5, 0.6) is 5.75 Å². The van der Waals surface area contributed by atoms with Crippen LogP contribution in [0.15, 0.2) is 39.5 Å². The Labute approximate surface area is 122 Å². The van der Waals surface area contributed by atoms with Gasteiger partial charge in [0.05, 0.1) is 11.8 Å². The third-order valence-electron chi connectivity index (χ3n) is 2.67. The molecule has 0 aliphatic carbocycles. The van der Waals surface area contributed by atoms with Crippen LogP contribution in [-0.4, -0.2) is 25.8 Å². The molecule has 20 heavy (non-hydrogen) atoms. The molecule has 0 spiro atoms. The first-order valence-electron chi connectivity index (χ1n) is 5.84. The lowest BCUT2D eigenvalue weighted by atomic mass is 10.1. The van der Waals surface area contributed by atoms with Gasteiger partial charge in [-0.15, -0.1) is 10.2 Å². The minimum atomic E-state index is -0.336. The predicted molar refractivity (Wildman–Crippen MR) is 72.9 cm³/mol. The SMILES string of the molecule is CC(Oc1ccc(Br)cc1-c1ccno1)c1nn[nH]n1. The number of halogens is 1. The molecule has 3 aromatic rings. The van der Waals surface area contributed by atoms with E-state index >= 15 is 0 Å². The van der Waals surface area contributed by atoms with Crippen LogP contribution < -0.4 is 4.74 Å². The van der Waals surface area contributed by atoms with Gasteiger partial charge in [0.25, 0.3) is 0 Å². The summed E-state index contributed by atoms with van der Waals surface area (Å²) in [5, 5.41) is 17.4. The molecule has 1 N–H and O–H groups in total. The summed E-state index contributed by atoms with van der Waals surface area (Å²) >= 11 is 3.43. The van der Waals surface area contributed by atoms with Crippen molar-refractivity contribution in [2.75, 3.05) is 0 Å². The van der Waals surface area contributed by atoms with Crippen molar-refractivity contribution >= 4 is 15.9 Å². The maximum atomic E-state index is 5.88. The van der Waals surface area contributed by atoms with E-state index in [9.17, 15) is 0 Å². The van der Waals surface area contributed by atoms with Crippen molar-refractivity contribution in [3.8, 4) is 17.1 Å². The summed E-state index contributed by atoms with van der Waals surface area (Å²) < 4.78 is 12.0. The van der Waals surface area contributed by atoms with Crippen LogP contribution >= 0.6 is 15.9 Å². The highest BCUT2D eigenvalue weighted by molar-refractivity contribution is 9.10. The van der Waals surface area contributed by atoms with Gasteiger partial charge in [0.1, 0.15) is 5.75 Å². The Hall–Kier alpha value is -2.22. The summed E-state index contributed by atoms with van der Waals surface area (Å²) in [5.41, 5.74) is 0.798. The van der Waals surface area contributed by atoms with E-state index in [0.29, 0.717) is 17.3 Å². The number of aromatic nitrogens is 5. The van der Waals surface area contributed by atoms with Crippen LogP contribution in [0.1, 0.15) is 18.9 Å². The fourth-order valence-electron chi connectivity index (χ4n) is 1.74. The van der Waals surface area contributed by atoms with Crippen molar-refractivity contribution in [3.63, 3.8) is 0 Å². The summed E-state index contributed by atoms with van der Waals surface area (Å²) in [7, 11) is 0. The second-order valence-electron chi connectivity index (χ2n) is 4.05. The zero-order chi connectivity index (χ0) is 13.9. The number of H-pyrrole nitrogens is 1. The third kappa shape index (κ3) is 2.55. The van der Waals surface area contributed by atoms with Gasteiger partial charge in [-0.2, -0.15) is 5.21 Å². The topological polar surface area (TPSA) is 89.7 Å². The molecular weight excluding hydrogens is 326 g/mol. The van der Waals surface area contributed by atoms with Crippen LogP contribution in [0, 0.1) is 0 Å². The number of nitrogens with zero attached hydrogens (tertiary/aromatic N) is 4. The van der Waals surface area contributed by atoms with Crippen LogP contribution in [0.3, 0.4) is 0 Å². The molecule has 1 atom stereocenters. The van der Waals surface area contributed by atoms with Gasteiger partial charge < -0.3 is 9.26 Å². The molecule has 102 valence electrons. The number of rotatable bonds is 4. The molecule has 0 bridgehead atoms. The average molecular weight is 336 g/mol. The highest BCUT2D eigenvalue weighted by atomic mass is 79.9. The highest BCUT2D eigenvalue weighted by Crippen LogP contribution is 2.34. The monoisotopic (exact) mass is 335 g/mol. The molecular formula is C12H10BrN5O2. The number of hydrogen-bond acceptors (Lipinski definition) is 6. The highest BCUT2D eigenvalue weighted by Gasteiger charge is 2.16. The number of aromatic amines is 1. The Morgan fingerprint density at radius 2 is 2.25 bits per heavy atom. The zero-order valence-corrected chi connectivity index (χ0v) is 12.0. The smallest absolute Gasteiger partial charge is 0.214 e. The van der Waals surface area contributed by atoms with E-state index in [1.54, 1.807) is 12.3 Å². The molecule has 0 saturated carbocycles. The van der Waals surface area contributed by atoms with Crippen molar-refractivity contribution in [1.82, 2.24) is 25.8 Å². The molecule has 2 heterocycles. The predicted octanol–water partition coefficient (Wildman–Crippen LogP) is 2.76. The zero-order valence-electron chi connectivity index (χ0n) is 10.4. The van der Waals surface area contributed by atoms with E-state index in [1.807, 2.05) is 25.1 Å². The van der Waals surface area contributed by atoms with Gasteiger partial charge in [-0.3, -0.25) is 0 Å². The molecule has 3 rings (SSSR count). The quantitative estimate of drug-likeness (QED) is 0.788.